The van der Waals surface area contributed by atoms with Crippen LogP contribution in [-0.4, -0.2) is 24.3 Å². The molecule has 0 aromatic rings. The van der Waals surface area contributed by atoms with Crippen LogP contribution in [0.15, 0.2) is 0 Å². The van der Waals surface area contributed by atoms with Gasteiger partial charge in [-0.1, -0.05) is 6.92 Å². The first-order valence-electron chi connectivity index (χ1n) is 6.97. The van der Waals surface area contributed by atoms with E-state index < -0.39 is 0 Å². The van der Waals surface area contributed by atoms with Gasteiger partial charge in [-0.25, -0.2) is 0 Å². The normalized spacial score (nSPS) is 48.0. The van der Waals surface area contributed by atoms with Crippen molar-refractivity contribution < 1.29 is 14.3 Å². The van der Waals surface area contributed by atoms with Gasteiger partial charge >= 0.3 is 5.97 Å². The number of hydrogen-bond donors (Lipinski definition) is 0. The lowest BCUT2D eigenvalue weighted by molar-refractivity contribution is -0.197. The molecule has 0 radical (unpaired) electrons. The Morgan fingerprint density at radius 1 is 1.47 bits per heavy atom. The average molecular weight is 238 g/mol. The third-order valence-electron chi connectivity index (χ3n) is 5.39. The second kappa shape index (κ2) is 3.71. The minimum atomic E-state index is 0.00415. The summed E-state index contributed by atoms with van der Waals surface area (Å²) in [5.41, 5.74) is 0.344. The smallest absolute Gasteiger partial charge is 0.306 e. The number of carbonyl (C=O) groups excluding carboxylic acids is 1. The van der Waals surface area contributed by atoms with Crippen LogP contribution in [0.5, 0.6) is 0 Å². The maximum atomic E-state index is 11.3. The molecule has 17 heavy (non-hydrogen) atoms. The summed E-state index contributed by atoms with van der Waals surface area (Å²) in [7, 11) is 0. The first-order chi connectivity index (χ1) is 8.14. The third kappa shape index (κ3) is 1.48. The summed E-state index contributed by atoms with van der Waals surface area (Å²) in [4.78, 5) is 11.3. The van der Waals surface area contributed by atoms with Crippen LogP contribution in [0.1, 0.15) is 52.4 Å². The number of rotatable bonds is 3. The summed E-state index contributed by atoms with van der Waals surface area (Å²) in [6, 6.07) is 0. The Morgan fingerprint density at radius 3 is 2.94 bits per heavy atom. The molecule has 4 atom stereocenters. The molecular formula is C14H22O3. The Bertz CT molecular complexity index is 340. The predicted octanol–water partition coefficient (Wildman–Crippen LogP) is 2.68. The van der Waals surface area contributed by atoms with Crippen molar-refractivity contribution in [2.24, 2.45) is 11.3 Å². The fourth-order valence-corrected chi connectivity index (χ4v) is 4.45. The van der Waals surface area contributed by atoms with E-state index in [4.69, 9.17) is 9.47 Å². The molecule has 1 heterocycles. The lowest BCUT2D eigenvalue weighted by atomic mass is 9.56. The lowest BCUT2D eigenvalue weighted by Gasteiger charge is -2.54. The highest BCUT2D eigenvalue weighted by atomic mass is 16.5. The fourth-order valence-electron chi connectivity index (χ4n) is 4.45. The molecule has 2 saturated carbocycles. The number of esters is 1. The van der Waals surface area contributed by atoms with Crippen LogP contribution < -0.4 is 0 Å². The molecule has 3 unspecified atom stereocenters. The zero-order valence-corrected chi connectivity index (χ0v) is 10.8. The van der Waals surface area contributed by atoms with Crippen LogP contribution >= 0.6 is 0 Å². The zero-order chi connectivity index (χ0) is 12.1. The van der Waals surface area contributed by atoms with Crippen LogP contribution in [-0.2, 0) is 14.3 Å². The Hall–Kier alpha value is -0.570. The highest BCUT2D eigenvalue weighted by molar-refractivity contribution is 5.71. The van der Waals surface area contributed by atoms with Gasteiger partial charge in [0.05, 0.1) is 5.60 Å². The highest BCUT2D eigenvalue weighted by Gasteiger charge is 2.66. The molecule has 1 saturated heterocycles. The van der Waals surface area contributed by atoms with Gasteiger partial charge in [0.2, 0.25) is 0 Å². The van der Waals surface area contributed by atoms with E-state index in [1.807, 2.05) is 0 Å². The molecule has 0 aromatic carbocycles. The van der Waals surface area contributed by atoms with E-state index in [-0.39, 0.29) is 23.1 Å². The van der Waals surface area contributed by atoms with E-state index in [0.29, 0.717) is 6.42 Å². The summed E-state index contributed by atoms with van der Waals surface area (Å²) >= 11 is 0. The van der Waals surface area contributed by atoms with Crippen LogP contribution in [0.2, 0.25) is 0 Å². The summed E-state index contributed by atoms with van der Waals surface area (Å²) in [5.74, 6) is 0.733. The van der Waals surface area contributed by atoms with Gasteiger partial charge in [-0.3, -0.25) is 4.79 Å². The second-order valence-electron chi connectivity index (χ2n) is 5.99. The largest absolute Gasteiger partial charge is 0.462 e. The van der Waals surface area contributed by atoms with Gasteiger partial charge in [0.25, 0.3) is 0 Å². The molecular weight excluding hydrogens is 216 g/mol. The van der Waals surface area contributed by atoms with Gasteiger partial charge in [0, 0.05) is 18.4 Å². The lowest BCUT2D eigenvalue weighted by Crippen LogP contribution is -2.55. The number of carbonyl (C=O) groups is 1. The topological polar surface area (TPSA) is 35.5 Å². The van der Waals surface area contributed by atoms with E-state index in [1.54, 1.807) is 0 Å². The molecule has 3 aliphatic rings. The molecule has 3 rings (SSSR count). The van der Waals surface area contributed by atoms with Gasteiger partial charge < -0.3 is 9.47 Å². The molecule has 3 heteroatoms. The van der Waals surface area contributed by atoms with Crippen molar-refractivity contribution in [3.8, 4) is 0 Å². The summed E-state index contributed by atoms with van der Waals surface area (Å²) < 4.78 is 11.6. The minimum absolute atomic E-state index is 0.00415. The molecule has 0 bridgehead atoms. The SMILES string of the molecule is CCOC1(CC)C[C@H]2CC3OC(=O)CCC32C1. The molecule has 0 amide bonds. The highest BCUT2D eigenvalue weighted by Crippen LogP contribution is 2.66. The van der Waals surface area contributed by atoms with Crippen LogP contribution in [0, 0.1) is 11.3 Å². The average Bonchev–Trinajstić information content (AvgIpc) is 2.52. The molecule has 0 aromatic heterocycles. The van der Waals surface area contributed by atoms with Crippen molar-refractivity contribution in [3.63, 3.8) is 0 Å². The van der Waals surface area contributed by atoms with Crippen molar-refractivity contribution >= 4 is 5.97 Å². The molecule has 0 N–H and O–H groups in total. The van der Waals surface area contributed by atoms with E-state index in [9.17, 15) is 4.79 Å². The first-order valence-corrected chi connectivity index (χ1v) is 6.97. The van der Waals surface area contributed by atoms with E-state index in [1.165, 1.54) is 6.42 Å². The molecule has 3 nitrogen and oxygen atoms in total. The standard InChI is InChI=1S/C14H22O3/c1-3-13(16-4-2)8-10-7-11-14(10,9-13)6-5-12(15)17-11/h10-11H,3-9H2,1-2H3/t10-,11?,13?,14?/m1/s1. The number of ether oxygens (including phenoxy) is 2. The van der Waals surface area contributed by atoms with Crippen LogP contribution in [0.25, 0.3) is 0 Å². The zero-order valence-electron chi connectivity index (χ0n) is 10.8. The van der Waals surface area contributed by atoms with Crippen molar-refractivity contribution in [1.82, 2.24) is 0 Å². The van der Waals surface area contributed by atoms with Gasteiger partial charge in [-0.2, -0.15) is 0 Å². The van der Waals surface area contributed by atoms with E-state index >= 15 is 0 Å². The summed E-state index contributed by atoms with van der Waals surface area (Å²) in [6.45, 7) is 5.09. The quantitative estimate of drug-likeness (QED) is 0.709. The van der Waals surface area contributed by atoms with Crippen molar-refractivity contribution in [3.05, 3.63) is 0 Å². The van der Waals surface area contributed by atoms with Crippen LogP contribution in [0.3, 0.4) is 0 Å². The Kier molecular flexibility index (Phi) is 2.51. The van der Waals surface area contributed by atoms with Gasteiger partial charge in [-0.15, -0.1) is 0 Å². The van der Waals surface area contributed by atoms with E-state index in [2.05, 4.69) is 13.8 Å². The van der Waals surface area contributed by atoms with E-state index in [0.717, 1.165) is 38.2 Å². The predicted molar refractivity (Wildman–Crippen MR) is 63.5 cm³/mol. The van der Waals surface area contributed by atoms with Gasteiger partial charge in [-0.05, 0) is 44.9 Å². The minimum Gasteiger partial charge on any atom is -0.462 e. The Labute approximate surface area is 103 Å². The molecule has 2 aliphatic carbocycles. The van der Waals surface area contributed by atoms with Crippen LogP contribution in [0.4, 0.5) is 0 Å². The third-order valence-corrected chi connectivity index (χ3v) is 5.39. The Morgan fingerprint density at radius 2 is 2.29 bits per heavy atom. The maximum absolute atomic E-state index is 11.3. The number of hydrogen-bond acceptors (Lipinski definition) is 3. The molecule has 1 spiro atoms. The second-order valence-corrected chi connectivity index (χ2v) is 5.99. The van der Waals surface area contributed by atoms with Gasteiger partial charge in [0.1, 0.15) is 6.10 Å². The van der Waals surface area contributed by atoms with Crippen molar-refractivity contribution in [2.75, 3.05) is 6.61 Å². The van der Waals surface area contributed by atoms with Crippen molar-refractivity contribution in [1.29, 1.82) is 0 Å². The van der Waals surface area contributed by atoms with Gasteiger partial charge in [0.15, 0.2) is 0 Å². The first kappa shape index (κ1) is 11.5. The molecule has 96 valence electrons. The molecule has 1 aliphatic heterocycles. The summed E-state index contributed by atoms with van der Waals surface area (Å²) in [6.07, 6.45) is 6.26. The summed E-state index contributed by atoms with van der Waals surface area (Å²) in [5, 5.41) is 0. The molecule has 3 fully saturated rings. The Balaban J connectivity index is 1.80. The maximum Gasteiger partial charge on any atom is 0.306 e. The van der Waals surface area contributed by atoms with Crippen molar-refractivity contribution in [2.45, 2.75) is 64.1 Å². The monoisotopic (exact) mass is 238 g/mol. The fraction of sp³-hybridized carbons (Fsp3) is 0.929.